The van der Waals surface area contributed by atoms with Gasteiger partial charge in [-0.1, -0.05) is 35.5 Å². The summed E-state index contributed by atoms with van der Waals surface area (Å²) in [6.07, 6.45) is 0. The summed E-state index contributed by atoms with van der Waals surface area (Å²) < 4.78 is 5.08. The topological polar surface area (TPSA) is 87.5 Å². The Kier molecular flexibility index (Phi) is 5.37. The zero-order valence-electron chi connectivity index (χ0n) is 15.3. The molecule has 1 aromatic carbocycles. The van der Waals surface area contributed by atoms with Gasteiger partial charge in [0.2, 0.25) is 5.91 Å². The summed E-state index contributed by atoms with van der Waals surface area (Å²) >= 11 is 0. The number of nitrogens with zero attached hydrogens (tertiary/aromatic N) is 2. The number of carbonyl (C=O) groups is 2. The van der Waals surface area contributed by atoms with Crippen molar-refractivity contribution in [1.29, 1.82) is 0 Å². The van der Waals surface area contributed by atoms with Crippen LogP contribution in [0.25, 0.3) is 0 Å². The number of aryl methyl sites for hydroxylation is 2. The summed E-state index contributed by atoms with van der Waals surface area (Å²) in [4.78, 5) is 27.2. The van der Waals surface area contributed by atoms with Gasteiger partial charge in [0, 0.05) is 26.7 Å². The molecule has 7 heteroatoms. The van der Waals surface area contributed by atoms with Crippen molar-refractivity contribution in [1.82, 2.24) is 20.7 Å². The lowest BCUT2D eigenvalue weighted by atomic mass is 10.0. The standard InChI is InChI=1S/C19H24N4O3/c1-12-17(13(2)26-22-12)19(25)21-16-11-23(10-15(16)18(24)20-3)9-14-7-5-4-6-8-14/h4-8,15-16H,9-11H2,1-3H3,(H,20,24)(H,21,25)/t15-,16-/m0/s1. The lowest BCUT2D eigenvalue weighted by Gasteiger charge is -2.18. The van der Waals surface area contributed by atoms with Crippen LogP contribution in [0, 0.1) is 19.8 Å². The number of amides is 2. The zero-order valence-corrected chi connectivity index (χ0v) is 15.3. The maximum atomic E-state index is 12.7. The molecule has 3 rings (SSSR count). The lowest BCUT2D eigenvalue weighted by Crippen LogP contribution is -2.45. The van der Waals surface area contributed by atoms with Crippen LogP contribution >= 0.6 is 0 Å². The van der Waals surface area contributed by atoms with Crippen LogP contribution in [0.1, 0.15) is 27.4 Å². The van der Waals surface area contributed by atoms with Crippen LogP contribution in [-0.4, -0.2) is 48.0 Å². The van der Waals surface area contributed by atoms with Crippen molar-refractivity contribution in [2.24, 2.45) is 5.92 Å². The Morgan fingerprint density at radius 2 is 1.96 bits per heavy atom. The van der Waals surface area contributed by atoms with Gasteiger partial charge < -0.3 is 15.2 Å². The van der Waals surface area contributed by atoms with Crippen LogP contribution in [0.3, 0.4) is 0 Å². The third-order valence-corrected chi connectivity index (χ3v) is 4.80. The zero-order chi connectivity index (χ0) is 18.7. The first kappa shape index (κ1) is 18.1. The molecule has 1 saturated heterocycles. The largest absolute Gasteiger partial charge is 0.361 e. The summed E-state index contributed by atoms with van der Waals surface area (Å²) in [5.74, 6) is -0.130. The molecule has 0 radical (unpaired) electrons. The molecule has 2 N–H and O–H groups in total. The van der Waals surface area contributed by atoms with Gasteiger partial charge in [0.15, 0.2) is 0 Å². The summed E-state index contributed by atoms with van der Waals surface area (Å²) in [6.45, 7) is 5.40. The van der Waals surface area contributed by atoms with Crippen LogP contribution in [0.4, 0.5) is 0 Å². The average Bonchev–Trinajstić information content (AvgIpc) is 3.17. The molecule has 0 spiro atoms. The van der Waals surface area contributed by atoms with Gasteiger partial charge in [-0.05, 0) is 19.4 Å². The van der Waals surface area contributed by atoms with E-state index in [9.17, 15) is 9.59 Å². The van der Waals surface area contributed by atoms with Crippen LogP contribution in [0.5, 0.6) is 0 Å². The second kappa shape index (κ2) is 7.70. The number of aromatic nitrogens is 1. The minimum Gasteiger partial charge on any atom is -0.361 e. The van der Waals surface area contributed by atoms with Crippen LogP contribution in [-0.2, 0) is 11.3 Å². The highest BCUT2D eigenvalue weighted by atomic mass is 16.5. The summed E-state index contributed by atoms with van der Waals surface area (Å²) in [7, 11) is 1.62. The fourth-order valence-corrected chi connectivity index (χ4v) is 3.50. The molecular weight excluding hydrogens is 332 g/mol. The SMILES string of the molecule is CNC(=O)[C@H]1CN(Cc2ccccc2)C[C@@H]1NC(=O)c1c(C)noc1C. The molecule has 1 aromatic heterocycles. The Hall–Kier alpha value is -2.67. The van der Waals surface area contributed by atoms with E-state index in [2.05, 4.69) is 32.8 Å². The molecule has 2 atom stereocenters. The molecule has 1 fully saturated rings. The van der Waals surface area contributed by atoms with Crippen molar-refractivity contribution < 1.29 is 14.1 Å². The van der Waals surface area contributed by atoms with Crippen LogP contribution in [0.2, 0.25) is 0 Å². The van der Waals surface area contributed by atoms with E-state index in [-0.39, 0.29) is 23.8 Å². The fourth-order valence-electron chi connectivity index (χ4n) is 3.50. The smallest absolute Gasteiger partial charge is 0.257 e. The Morgan fingerprint density at radius 3 is 2.58 bits per heavy atom. The highest BCUT2D eigenvalue weighted by molar-refractivity contribution is 5.96. The van der Waals surface area contributed by atoms with Gasteiger partial charge in [0.1, 0.15) is 11.3 Å². The second-order valence-corrected chi connectivity index (χ2v) is 6.68. The lowest BCUT2D eigenvalue weighted by molar-refractivity contribution is -0.124. The number of nitrogens with one attached hydrogen (secondary N) is 2. The average molecular weight is 356 g/mol. The van der Waals surface area contributed by atoms with E-state index in [0.29, 0.717) is 30.1 Å². The Labute approximate surface area is 152 Å². The van der Waals surface area contributed by atoms with Gasteiger partial charge >= 0.3 is 0 Å². The monoisotopic (exact) mass is 356 g/mol. The van der Waals surface area contributed by atoms with Crippen molar-refractivity contribution in [3.05, 3.63) is 52.9 Å². The molecule has 1 aliphatic rings. The van der Waals surface area contributed by atoms with E-state index in [1.54, 1.807) is 20.9 Å². The number of benzene rings is 1. The van der Waals surface area contributed by atoms with Crippen LogP contribution in [0.15, 0.2) is 34.9 Å². The van der Waals surface area contributed by atoms with E-state index in [0.717, 1.165) is 6.54 Å². The minimum atomic E-state index is -0.298. The van der Waals surface area contributed by atoms with E-state index >= 15 is 0 Å². The molecule has 0 unspecified atom stereocenters. The van der Waals surface area contributed by atoms with E-state index in [1.807, 2.05) is 18.2 Å². The van der Waals surface area contributed by atoms with Gasteiger partial charge in [0.25, 0.3) is 5.91 Å². The molecule has 26 heavy (non-hydrogen) atoms. The van der Waals surface area contributed by atoms with Crippen molar-refractivity contribution in [3.63, 3.8) is 0 Å². The molecule has 2 heterocycles. The number of hydrogen-bond acceptors (Lipinski definition) is 5. The molecule has 138 valence electrons. The highest BCUT2D eigenvalue weighted by Gasteiger charge is 2.38. The van der Waals surface area contributed by atoms with Crippen molar-refractivity contribution in [2.45, 2.75) is 26.4 Å². The Morgan fingerprint density at radius 1 is 1.23 bits per heavy atom. The first-order valence-corrected chi connectivity index (χ1v) is 8.71. The molecule has 2 amide bonds. The predicted octanol–water partition coefficient (Wildman–Crippen LogP) is 1.27. The van der Waals surface area contributed by atoms with Gasteiger partial charge in [-0.3, -0.25) is 14.5 Å². The van der Waals surface area contributed by atoms with E-state index in [4.69, 9.17) is 4.52 Å². The van der Waals surface area contributed by atoms with Crippen LogP contribution < -0.4 is 10.6 Å². The van der Waals surface area contributed by atoms with E-state index in [1.165, 1.54) is 5.56 Å². The minimum absolute atomic E-state index is 0.0652. The van der Waals surface area contributed by atoms with Gasteiger partial charge in [-0.15, -0.1) is 0 Å². The van der Waals surface area contributed by atoms with Gasteiger partial charge in [-0.2, -0.15) is 0 Å². The maximum absolute atomic E-state index is 12.7. The first-order valence-electron chi connectivity index (χ1n) is 8.71. The number of carbonyl (C=O) groups excluding carboxylic acids is 2. The molecule has 0 aliphatic carbocycles. The molecule has 1 aliphatic heterocycles. The van der Waals surface area contributed by atoms with Gasteiger partial charge in [-0.25, -0.2) is 0 Å². The van der Waals surface area contributed by atoms with E-state index < -0.39 is 0 Å². The molecule has 0 saturated carbocycles. The summed E-state index contributed by atoms with van der Waals surface area (Å²) in [6, 6.07) is 9.83. The molecule has 0 bridgehead atoms. The number of likely N-dealkylation sites (tertiary alicyclic amines) is 1. The quantitative estimate of drug-likeness (QED) is 0.842. The fraction of sp³-hybridized carbons (Fsp3) is 0.421. The number of rotatable bonds is 5. The number of hydrogen-bond donors (Lipinski definition) is 2. The third kappa shape index (κ3) is 3.77. The maximum Gasteiger partial charge on any atom is 0.257 e. The first-order chi connectivity index (χ1) is 12.5. The second-order valence-electron chi connectivity index (χ2n) is 6.68. The highest BCUT2D eigenvalue weighted by Crippen LogP contribution is 2.21. The third-order valence-electron chi connectivity index (χ3n) is 4.80. The molecular formula is C19H24N4O3. The van der Waals surface area contributed by atoms with Gasteiger partial charge in [0.05, 0.1) is 17.7 Å². The van der Waals surface area contributed by atoms with Crippen molar-refractivity contribution in [2.75, 3.05) is 20.1 Å². The van der Waals surface area contributed by atoms with Crippen molar-refractivity contribution in [3.8, 4) is 0 Å². The summed E-state index contributed by atoms with van der Waals surface area (Å²) in [5.41, 5.74) is 2.18. The Bertz CT molecular complexity index is 768. The Balaban J connectivity index is 1.73. The molecule has 7 nitrogen and oxygen atoms in total. The normalized spacial score (nSPS) is 20.1. The predicted molar refractivity (Wildman–Crippen MR) is 96.5 cm³/mol. The summed E-state index contributed by atoms with van der Waals surface area (Å²) in [5, 5.41) is 9.53. The van der Waals surface area contributed by atoms with Crippen molar-refractivity contribution >= 4 is 11.8 Å². The molecule has 2 aromatic rings.